The number of amides is 2. The maximum absolute atomic E-state index is 12.9. The Morgan fingerprint density at radius 3 is 2.92 bits per heavy atom. The summed E-state index contributed by atoms with van der Waals surface area (Å²) in [4.78, 5) is 22.4. The third-order valence-electron chi connectivity index (χ3n) is 5.52. The minimum atomic E-state index is 0.0558. The number of likely N-dealkylation sites (tertiary alicyclic amines) is 1. The highest BCUT2D eigenvalue weighted by molar-refractivity contribution is 5.74. The molecule has 4 rings (SSSR count). The second-order valence-corrected chi connectivity index (χ2v) is 7.15. The van der Waals surface area contributed by atoms with Gasteiger partial charge in [0.15, 0.2) is 0 Å². The summed E-state index contributed by atoms with van der Waals surface area (Å²) in [6.45, 7) is 1.56. The molecule has 1 aliphatic carbocycles. The number of aromatic nitrogens is 4. The van der Waals surface area contributed by atoms with Gasteiger partial charge in [0.2, 0.25) is 0 Å². The molecule has 2 aliphatic rings. The van der Waals surface area contributed by atoms with Crippen LogP contribution < -0.4 is 5.32 Å². The number of aromatic amines is 1. The maximum atomic E-state index is 12.9. The summed E-state index contributed by atoms with van der Waals surface area (Å²) in [5.74, 6) is 1.30. The van der Waals surface area contributed by atoms with Crippen molar-refractivity contribution in [3.63, 3.8) is 0 Å². The Balaban J connectivity index is 1.40. The zero-order valence-corrected chi connectivity index (χ0v) is 14.5. The van der Waals surface area contributed by atoms with E-state index in [1.165, 1.54) is 6.42 Å². The molecule has 0 radical (unpaired) electrons. The first-order valence-corrected chi connectivity index (χ1v) is 9.35. The van der Waals surface area contributed by atoms with Crippen molar-refractivity contribution in [2.24, 2.45) is 0 Å². The molecular formula is C18H26N6O. The maximum Gasteiger partial charge on any atom is 0.317 e. The number of carbonyl (C=O) groups is 1. The minimum Gasteiger partial charge on any atom is -0.348 e. The van der Waals surface area contributed by atoms with Crippen molar-refractivity contribution in [1.82, 2.24) is 30.0 Å². The number of nitrogens with zero attached hydrogens (tertiary/aromatic N) is 4. The van der Waals surface area contributed by atoms with Crippen molar-refractivity contribution in [1.29, 1.82) is 0 Å². The van der Waals surface area contributed by atoms with Gasteiger partial charge in [-0.2, -0.15) is 5.10 Å². The van der Waals surface area contributed by atoms with E-state index in [4.69, 9.17) is 0 Å². The molecule has 25 heavy (non-hydrogen) atoms. The Kier molecular flexibility index (Phi) is 4.72. The van der Waals surface area contributed by atoms with Gasteiger partial charge in [-0.05, 0) is 31.7 Å². The lowest BCUT2D eigenvalue weighted by Gasteiger charge is -2.36. The van der Waals surface area contributed by atoms with Gasteiger partial charge >= 0.3 is 6.03 Å². The lowest BCUT2D eigenvalue weighted by molar-refractivity contribution is 0.162. The van der Waals surface area contributed by atoms with Crippen molar-refractivity contribution in [2.75, 3.05) is 13.1 Å². The fourth-order valence-corrected chi connectivity index (χ4v) is 4.21. The molecule has 0 aromatic carbocycles. The van der Waals surface area contributed by atoms with Crippen molar-refractivity contribution in [3.05, 3.63) is 36.7 Å². The third-order valence-corrected chi connectivity index (χ3v) is 5.52. The second kappa shape index (κ2) is 7.29. The number of urea groups is 1. The quantitative estimate of drug-likeness (QED) is 0.900. The van der Waals surface area contributed by atoms with Crippen LogP contribution in [0, 0.1) is 0 Å². The molecule has 2 N–H and O–H groups in total. The SMILES string of the molecule is O=C(N[C@@H]1CCCC[C@H]1n1cccn1)N1CCC[C@H](c2ncc[nH]2)C1. The zero-order valence-electron chi connectivity index (χ0n) is 14.5. The van der Waals surface area contributed by atoms with E-state index < -0.39 is 0 Å². The van der Waals surface area contributed by atoms with E-state index in [9.17, 15) is 4.79 Å². The number of hydrogen-bond donors (Lipinski definition) is 2. The van der Waals surface area contributed by atoms with Gasteiger partial charge in [-0.15, -0.1) is 0 Å². The van der Waals surface area contributed by atoms with Crippen molar-refractivity contribution in [3.8, 4) is 0 Å². The molecule has 1 aliphatic heterocycles. The normalized spacial score (nSPS) is 27.2. The second-order valence-electron chi connectivity index (χ2n) is 7.15. The average Bonchev–Trinajstić information content (AvgIpc) is 3.36. The van der Waals surface area contributed by atoms with Crippen LogP contribution in [0.1, 0.15) is 56.3 Å². The number of carbonyl (C=O) groups excluding carboxylic acids is 1. The third kappa shape index (κ3) is 3.55. The van der Waals surface area contributed by atoms with Gasteiger partial charge in [-0.25, -0.2) is 9.78 Å². The summed E-state index contributed by atoms with van der Waals surface area (Å²) in [6.07, 6.45) is 14.0. The van der Waals surface area contributed by atoms with Gasteiger partial charge in [0.1, 0.15) is 5.82 Å². The fraction of sp³-hybridized carbons (Fsp3) is 0.611. The van der Waals surface area contributed by atoms with Crippen LogP contribution in [0.15, 0.2) is 30.9 Å². The summed E-state index contributed by atoms with van der Waals surface area (Å²) >= 11 is 0. The molecule has 0 unspecified atom stereocenters. The molecule has 0 bridgehead atoms. The number of imidazole rings is 1. The topological polar surface area (TPSA) is 78.8 Å². The zero-order chi connectivity index (χ0) is 17.1. The minimum absolute atomic E-state index is 0.0558. The van der Waals surface area contributed by atoms with E-state index in [0.717, 1.165) is 51.0 Å². The lowest BCUT2D eigenvalue weighted by atomic mass is 9.90. The predicted molar refractivity (Wildman–Crippen MR) is 94.2 cm³/mol. The molecule has 3 heterocycles. The monoisotopic (exact) mass is 342 g/mol. The standard InChI is InChI=1S/C18H26N6O/c25-18(23-11-3-5-14(13-23)17-19-9-10-20-17)22-15-6-1-2-7-16(15)24-12-4-8-21-24/h4,8-10,12,14-16H,1-3,5-7,11,13H2,(H,19,20)(H,22,25)/t14-,15+,16+/m0/s1. The Morgan fingerprint density at radius 2 is 2.12 bits per heavy atom. The summed E-state index contributed by atoms with van der Waals surface area (Å²) in [7, 11) is 0. The molecule has 2 aromatic heterocycles. The van der Waals surface area contributed by atoms with Crippen LogP contribution in [0.4, 0.5) is 4.79 Å². The van der Waals surface area contributed by atoms with Crippen LogP contribution >= 0.6 is 0 Å². The van der Waals surface area contributed by atoms with E-state index in [2.05, 4.69) is 20.4 Å². The Bertz CT molecular complexity index is 668. The van der Waals surface area contributed by atoms with Gasteiger partial charge in [0, 0.05) is 43.8 Å². The van der Waals surface area contributed by atoms with Crippen molar-refractivity contribution >= 4 is 6.03 Å². The Hall–Kier alpha value is -2.31. The van der Waals surface area contributed by atoms with Gasteiger partial charge in [0.05, 0.1) is 12.1 Å². The summed E-state index contributed by atoms with van der Waals surface area (Å²) in [5.41, 5.74) is 0. The van der Waals surface area contributed by atoms with Crippen LogP contribution in [-0.2, 0) is 0 Å². The average molecular weight is 342 g/mol. The van der Waals surface area contributed by atoms with Crippen LogP contribution in [0.3, 0.4) is 0 Å². The molecule has 2 aromatic rings. The largest absolute Gasteiger partial charge is 0.348 e. The number of H-pyrrole nitrogens is 1. The first-order chi connectivity index (χ1) is 12.3. The highest BCUT2D eigenvalue weighted by Gasteiger charge is 2.31. The molecule has 134 valence electrons. The summed E-state index contributed by atoms with van der Waals surface area (Å²) in [5, 5.41) is 7.68. The van der Waals surface area contributed by atoms with Gasteiger partial charge in [0.25, 0.3) is 0 Å². The summed E-state index contributed by atoms with van der Waals surface area (Å²) < 4.78 is 2.01. The first kappa shape index (κ1) is 16.2. The molecule has 7 heteroatoms. The number of nitrogens with one attached hydrogen (secondary N) is 2. The molecule has 2 fully saturated rings. The molecular weight excluding hydrogens is 316 g/mol. The number of rotatable bonds is 3. The highest BCUT2D eigenvalue weighted by Crippen LogP contribution is 2.29. The molecule has 1 saturated carbocycles. The Morgan fingerprint density at radius 1 is 1.20 bits per heavy atom. The predicted octanol–water partition coefficient (Wildman–Crippen LogP) is 2.68. The van der Waals surface area contributed by atoms with Crippen LogP contribution in [-0.4, -0.2) is 49.8 Å². The molecule has 1 saturated heterocycles. The van der Waals surface area contributed by atoms with Crippen LogP contribution in [0.5, 0.6) is 0 Å². The lowest BCUT2D eigenvalue weighted by Crippen LogP contribution is -2.51. The molecule has 0 spiro atoms. The van der Waals surface area contributed by atoms with Gasteiger partial charge < -0.3 is 15.2 Å². The van der Waals surface area contributed by atoms with Crippen molar-refractivity contribution < 1.29 is 4.79 Å². The number of piperidine rings is 1. The highest BCUT2D eigenvalue weighted by atomic mass is 16.2. The first-order valence-electron chi connectivity index (χ1n) is 9.35. The Labute approximate surface area is 147 Å². The molecule has 3 atom stereocenters. The number of hydrogen-bond acceptors (Lipinski definition) is 3. The van der Waals surface area contributed by atoms with Crippen LogP contribution in [0.2, 0.25) is 0 Å². The van der Waals surface area contributed by atoms with E-state index >= 15 is 0 Å². The fourth-order valence-electron chi connectivity index (χ4n) is 4.21. The van der Waals surface area contributed by atoms with Gasteiger partial charge in [-0.3, -0.25) is 4.68 Å². The molecule has 2 amide bonds. The molecule has 7 nitrogen and oxygen atoms in total. The van der Waals surface area contributed by atoms with E-state index in [-0.39, 0.29) is 18.1 Å². The van der Waals surface area contributed by atoms with Crippen LogP contribution in [0.25, 0.3) is 0 Å². The van der Waals surface area contributed by atoms with Crippen molar-refractivity contribution in [2.45, 2.75) is 56.5 Å². The van der Waals surface area contributed by atoms with Gasteiger partial charge in [-0.1, -0.05) is 12.8 Å². The smallest absolute Gasteiger partial charge is 0.317 e. The van der Waals surface area contributed by atoms with E-state index in [1.807, 2.05) is 34.2 Å². The van der Waals surface area contributed by atoms with E-state index in [1.54, 1.807) is 6.20 Å². The summed E-state index contributed by atoms with van der Waals surface area (Å²) in [6, 6.07) is 2.43. The van der Waals surface area contributed by atoms with E-state index in [0.29, 0.717) is 5.92 Å².